The molecule has 2 aromatic carbocycles. The number of hydrogen-bond donors (Lipinski definition) is 4. The minimum absolute atomic E-state index is 0.213. The summed E-state index contributed by atoms with van der Waals surface area (Å²) < 4.78 is 0. The summed E-state index contributed by atoms with van der Waals surface area (Å²) in [7, 11) is 3.74. The van der Waals surface area contributed by atoms with Gasteiger partial charge in [-0.15, -0.1) is 6.42 Å². The summed E-state index contributed by atoms with van der Waals surface area (Å²) >= 11 is 0. The smallest absolute Gasteiger partial charge is 0.0805 e. The van der Waals surface area contributed by atoms with Gasteiger partial charge in [-0.05, 0) is 24.0 Å². The second-order valence-electron chi connectivity index (χ2n) is 6.36. The van der Waals surface area contributed by atoms with Gasteiger partial charge in [-0.2, -0.15) is 0 Å². The van der Waals surface area contributed by atoms with E-state index in [0.717, 1.165) is 11.1 Å². The van der Waals surface area contributed by atoms with Crippen molar-refractivity contribution >= 4 is 39.2 Å². The van der Waals surface area contributed by atoms with Gasteiger partial charge in [0, 0.05) is 36.2 Å². The van der Waals surface area contributed by atoms with Crippen LogP contribution >= 0.6 is 0 Å². The SMILES string of the molecule is C#Cc1c(N(C)C)c(N)c(N)c2c(N)c(C(C)C)c(C)c(N)c12. The molecule has 0 atom stereocenters. The number of nitrogen functional groups attached to an aromatic ring is 4. The number of terminal acetylenes is 1. The molecule has 0 heterocycles. The predicted octanol–water partition coefficient (Wildman–Crippen LogP) is 2.65. The zero-order chi connectivity index (χ0) is 17.6. The van der Waals surface area contributed by atoms with Gasteiger partial charge >= 0.3 is 0 Å². The largest absolute Gasteiger partial charge is 0.398 e. The van der Waals surface area contributed by atoms with Gasteiger partial charge in [-0.25, -0.2) is 0 Å². The van der Waals surface area contributed by atoms with Gasteiger partial charge in [0.25, 0.3) is 0 Å². The van der Waals surface area contributed by atoms with Crippen LogP contribution in [-0.4, -0.2) is 14.1 Å². The molecule has 0 unspecified atom stereocenters. The molecule has 0 aliphatic heterocycles. The van der Waals surface area contributed by atoms with Crippen LogP contribution in [-0.2, 0) is 0 Å². The lowest BCUT2D eigenvalue weighted by molar-refractivity contribution is 0.863. The molecule has 23 heavy (non-hydrogen) atoms. The standard InChI is InChI=1S/C18H25N5/c1-7-10-12-13(16(21)17(22)18(10)23(5)6)15(20)11(8(2)3)9(4)14(12)19/h1,8H,19-22H2,2-6H3. The highest BCUT2D eigenvalue weighted by Gasteiger charge is 2.24. The second kappa shape index (κ2) is 5.47. The molecule has 0 spiro atoms. The zero-order valence-corrected chi connectivity index (χ0v) is 14.4. The zero-order valence-electron chi connectivity index (χ0n) is 14.4. The number of hydrogen-bond acceptors (Lipinski definition) is 5. The molecule has 0 fully saturated rings. The molecule has 2 rings (SSSR count). The van der Waals surface area contributed by atoms with E-state index in [2.05, 4.69) is 19.8 Å². The molecule has 5 nitrogen and oxygen atoms in total. The highest BCUT2D eigenvalue weighted by molar-refractivity contribution is 6.18. The predicted molar refractivity (Wildman–Crippen MR) is 103 cm³/mol. The van der Waals surface area contributed by atoms with Gasteiger partial charge in [0.15, 0.2) is 0 Å². The van der Waals surface area contributed by atoms with Gasteiger partial charge in [-0.1, -0.05) is 19.8 Å². The van der Waals surface area contributed by atoms with Gasteiger partial charge in [0.05, 0.1) is 22.6 Å². The van der Waals surface area contributed by atoms with Crippen molar-refractivity contribution in [2.75, 3.05) is 41.9 Å². The van der Waals surface area contributed by atoms with Crippen molar-refractivity contribution < 1.29 is 0 Å². The van der Waals surface area contributed by atoms with Crippen LogP contribution in [0.4, 0.5) is 28.4 Å². The first-order chi connectivity index (χ1) is 10.6. The molecule has 0 amide bonds. The lowest BCUT2D eigenvalue weighted by Gasteiger charge is -2.25. The third-order valence-corrected chi connectivity index (χ3v) is 4.36. The normalized spacial score (nSPS) is 11.0. The first-order valence-corrected chi connectivity index (χ1v) is 7.50. The molecule has 0 aliphatic rings. The van der Waals surface area contributed by atoms with Crippen molar-refractivity contribution in [1.82, 2.24) is 0 Å². The van der Waals surface area contributed by atoms with Crippen molar-refractivity contribution in [2.45, 2.75) is 26.7 Å². The Balaban J connectivity index is 3.23. The minimum Gasteiger partial charge on any atom is -0.398 e. The Bertz CT molecular complexity index is 842. The maximum atomic E-state index is 6.44. The second-order valence-corrected chi connectivity index (χ2v) is 6.36. The highest BCUT2D eigenvalue weighted by atomic mass is 15.1. The molecule has 0 aliphatic carbocycles. The molecule has 2 aromatic rings. The number of rotatable bonds is 2. The molecule has 0 bridgehead atoms. The van der Waals surface area contributed by atoms with Crippen LogP contribution in [0, 0.1) is 19.3 Å². The van der Waals surface area contributed by atoms with Crippen LogP contribution in [0.25, 0.3) is 10.8 Å². The van der Waals surface area contributed by atoms with Crippen molar-refractivity contribution in [3.63, 3.8) is 0 Å². The average Bonchev–Trinajstić information content (AvgIpc) is 2.46. The molecular formula is C18H25N5. The topological polar surface area (TPSA) is 107 Å². The summed E-state index contributed by atoms with van der Waals surface area (Å²) in [6.07, 6.45) is 5.77. The van der Waals surface area contributed by atoms with E-state index < -0.39 is 0 Å². The van der Waals surface area contributed by atoms with E-state index in [-0.39, 0.29) is 5.92 Å². The Morgan fingerprint density at radius 2 is 1.48 bits per heavy atom. The van der Waals surface area contributed by atoms with E-state index in [0.29, 0.717) is 44.8 Å². The van der Waals surface area contributed by atoms with Gasteiger partial charge < -0.3 is 27.8 Å². The summed E-state index contributed by atoms with van der Waals surface area (Å²) in [5.41, 5.74) is 30.7. The number of anilines is 5. The Kier molecular flexibility index (Phi) is 3.96. The molecule has 0 saturated carbocycles. The van der Waals surface area contributed by atoms with Crippen LogP contribution in [0.1, 0.15) is 36.5 Å². The first-order valence-electron chi connectivity index (χ1n) is 7.50. The Hall–Kier alpha value is -2.74. The fourth-order valence-electron chi connectivity index (χ4n) is 3.34. The number of nitrogens with zero attached hydrogens (tertiary/aromatic N) is 1. The quantitative estimate of drug-likeness (QED) is 0.504. The maximum Gasteiger partial charge on any atom is 0.0805 e. The number of fused-ring (bicyclic) bond motifs is 1. The van der Waals surface area contributed by atoms with Crippen molar-refractivity contribution in [3.05, 3.63) is 16.7 Å². The molecule has 8 N–H and O–H groups in total. The molecule has 5 heteroatoms. The fourth-order valence-corrected chi connectivity index (χ4v) is 3.34. The van der Waals surface area contributed by atoms with Crippen LogP contribution in [0.2, 0.25) is 0 Å². The van der Waals surface area contributed by atoms with Gasteiger partial charge in [-0.3, -0.25) is 0 Å². The first kappa shape index (κ1) is 16.6. The summed E-state index contributed by atoms with van der Waals surface area (Å²) in [5, 5.41) is 1.37. The molecule has 0 radical (unpaired) electrons. The lowest BCUT2D eigenvalue weighted by Crippen LogP contribution is -2.16. The third kappa shape index (κ3) is 2.18. The highest BCUT2D eigenvalue weighted by Crippen LogP contribution is 2.47. The van der Waals surface area contributed by atoms with Crippen LogP contribution < -0.4 is 27.8 Å². The van der Waals surface area contributed by atoms with E-state index in [1.54, 1.807) is 0 Å². The molecule has 0 aromatic heterocycles. The number of benzene rings is 2. The van der Waals surface area contributed by atoms with E-state index in [4.69, 9.17) is 29.4 Å². The lowest BCUT2D eigenvalue weighted by atomic mass is 9.87. The third-order valence-electron chi connectivity index (χ3n) is 4.36. The van der Waals surface area contributed by atoms with Gasteiger partial charge in [0.2, 0.25) is 0 Å². The molecule has 122 valence electrons. The van der Waals surface area contributed by atoms with Crippen molar-refractivity contribution in [1.29, 1.82) is 0 Å². The van der Waals surface area contributed by atoms with Gasteiger partial charge in [0.1, 0.15) is 0 Å². The fraction of sp³-hybridized carbons (Fsp3) is 0.333. The van der Waals surface area contributed by atoms with E-state index in [9.17, 15) is 0 Å². The van der Waals surface area contributed by atoms with E-state index in [1.165, 1.54) is 0 Å². The summed E-state index contributed by atoms with van der Waals surface area (Å²) in [6, 6.07) is 0. The summed E-state index contributed by atoms with van der Waals surface area (Å²) in [4.78, 5) is 1.85. The van der Waals surface area contributed by atoms with Crippen LogP contribution in [0.15, 0.2) is 0 Å². The van der Waals surface area contributed by atoms with E-state index >= 15 is 0 Å². The number of nitrogens with two attached hydrogens (primary N) is 4. The maximum absolute atomic E-state index is 6.44. The van der Waals surface area contributed by atoms with Crippen LogP contribution in [0.5, 0.6) is 0 Å². The molecular weight excluding hydrogens is 286 g/mol. The Labute approximate surface area is 137 Å². The van der Waals surface area contributed by atoms with Crippen molar-refractivity contribution in [2.24, 2.45) is 0 Å². The Morgan fingerprint density at radius 1 is 0.913 bits per heavy atom. The Morgan fingerprint density at radius 3 is 1.91 bits per heavy atom. The van der Waals surface area contributed by atoms with Crippen molar-refractivity contribution in [3.8, 4) is 12.3 Å². The summed E-state index contributed by atoms with van der Waals surface area (Å²) in [6.45, 7) is 6.10. The minimum atomic E-state index is 0.213. The monoisotopic (exact) mass is 311 g/mol. The van der Waals surface area contributed by atoms with E-state index in [1.807, 2.05) is 25.9 Å². The summed E-state index contributed by atoms with van der Waals surface area (Å²) in [5.74, 6) is 2.93. The van der Waals surface area contributed by atoms with Crippen LogP contribution in [0.3, 0.4) is 0 Å². The molecule has 0 saturated heterocycles. The average molecular weight is 311 g/mol.